The molecule has 0 spiro atoms. The van der Waals surface area contributed by atoms with Gasteiger partial charge in [0.2, 0.25) is 5.91 Å². The molecule has 1 aliphatic rings. The third-order valence-corrected chi connectivity index (χ3v) is 6.20. The normalized spacial score (nSPS) is 14.4. The van der Waals surface area contributed by atoms with Crippen LogP contribution in [-0.2, 0) is 11.3 Å². The SMILES string of the molecule is O=C(NCC(=O)N1CCN(Cc2csc(-c3ccccc3)n2)CC1)c1ccc(F)cc1F. The van der Waals surface area contributed by atoms with Crippen LogP contribution >= 0.6 is 11.3 Å². The van der Waals surface area contributed by atoms with Crippen LogP contribution in [0.15, 0.2) is 53.9 Å². The highest BCUT2D eigenvalue weighted by Crippen LogP contribution is 2.24. The number of benzene rings is 2. The number of rotatable bonds is 6. The molecule has 0 bridgehead atoms. The van der Waals surface area contributed by atoms with Crippen molar-refractivity contribution in [3.63, 3.8) is 0 Å². The molecule has 2 heterocycles. The highest BCUT2D eigenvalue weighted by Gasteiger charge is 2.22. The number of piperazine rings is 1. The van der Waals surface area contributed by atoms with Crippen LogP contribution in [0.1, 0.15) is 16.1 Å². The number of halogens is 2. The number of carbonyl (C=O) groups excluding carboxylic acids is 2. The smallest absolute Gasteiger partial charge is 0.254 e. The Hall–Kier alpha value is -3.17. The molecular weight excluding hydrogens is 434 g/mol. The Balaban J connectivity index is 1.23. The summed E-state index contributed by atoms with van der Waals surface area (Å²) in [6.07, 6.45) is 0. The van der Waals surface area contributed by atoms with E-state index in [2.05, 4.69) is 15.6 Å². The third kappa shape index (κ3) is 5.35. The minimum Gasteiger partial charge on any atom is -0.343 e. The van der Waals surface area contributed by atoms with Crippen molar-refractivity contribution in [1.29, 1.82) is 0 Å². The van der Waals surface area contributed by atoms with E-state index in [1.54, 1.807) is 16.2 Å². The lowest BCUT2D eigenvalue weighted by Gasteiger charge is -2.34. The first-order valence-corrected chi connectivity index (χ1v) is 11.1. The van der Waals surface area contributed by atoms with Crippen molar-refractivity contribution >= 4 is 23.2 Å². The van der Waals surface area contributed by atoms with Gasteiger partial charge in [-0.25, -0.2) is 13.8 Å². The Kier molecular flexibility index (Phi) is 6.87. The molecule has 4 rings (SSSR count). The molecule has 0 unspecified atom stereocenters. The predicted molar refractivity (Wildman–Crippen MR) is 118 cm³/mol. The highest BCUT2D eigenvalue weighted by molar-refractivity contribution is 7.13. The molecule has 1 aromatic heterocycles. The van der Waals surface area contributed by atoms with Crippen molar-refractivity contribution < 1.29 is 18.4 Å². The molecule has 3 aromatic rings. The molecule has 9 heteroatoms. The van der Waals surface area contributed by atoms with Crippen molar-refractivity contribution in [2.45, 2.75) is 6.54 Å². The van der Waals surface area contributed by atoms with E-state index in [0.29, 0.717) is 38.8 Å². The van der Waals surface area contributed by atoms with E-state index < -0.39 is 17.5 Å². The number of amides is 2. The molecule has 166 valence electrons. The van der Waals surface area contributed by atoms with Gasteiger partial charge in [0.1, 0.15) is 16.6 Å². The van der Waals surface area contributed by atoms with Crippen LogP contribution in [0.3, 0.4) is 0 Å². The van der Waals surface area contributed by atoms with Crippen LogP contribution in [0.5, 0.6) is 0 Å². The van der Waals surface area contributed by atoms with Crippen LogP contribution in [0.2, 0.25) is 0 Å². The minimum atomic E-state index is -0.957. The molecule has 2 aromatic carbocycles. The van der Waals surface area contributed by atoms with Gasteiger partial charge in [-0.15, -0.1) is 11.3 Å². The summed E-state index contributed by atoms with van der Waals surface area (Å²) < 4.78 is 26.7. The maximum Gasteiger partial charge on any atom is 0.254 e. The fourth-order valence-corrected chi connectivity index (χ4v) is 4.33. The third-order valence-electron chi connectivity index (χ3n) is 5.26. The lowest BCUT2D eigenvalue weighted by Crippen LogP contribution is -2.50. The lowest BCUT2D eigenvalue weighted by molar-refractivity contribution is -0.131. The average Bonchev–Trinajstić information content (AvgIpc) is 3.27. The molecule has 1 N–H and O–H groups in total. The Morgan fingerprint density at radius 1 is 1.03 bits per heavy atom. The molecule has 1 saturated heterocycles. The summed E-state index contributed by atoms with van der Waals surface area (Å²) in [4.78, 5) is 33.1. The fourth-order valence-electron chi connectivity index (χ4n) is 3.51. The molecule has 2 amide bonds. The molecule has 0 aliphatic carbocycles. The summed E-state index contributed by atoms with van der Waals surface area (Å²) in [5.41, 5.74) is 1.81. The second kappa shape index (κ2) is 9.97. The van der Waals surface area contributed by atoms with Gasteiger partial charge in [-0.05, 0) is 12.1 Å². The minimum absolute atomic E-state index is 0.234. The van der Waals surface area contributed by atoms with Gasteiger partial charge < -0.3 is 10.2 Å². The number of carbonyl (C=O) groups is 2. The van der Waals surface area contributed by atoms with Gasteiger partial charge in [0, 0.05) is 49.7 Å². The van der Waals surface area contributed by atoms with Crippen LogP contribution in [0.4, 0.5) is 8.78 Å². The van der Waals surface area contributed by atoms with Gasteiger partial charge in [0.15, 0.2) is 0 Å². The first kappa shape index (κ1) is 22.0. The Bertz CT molecular complexity index is 1100. The van der Waals surface area contributed by atoms with Gasteiger partial charge in [-0.1, -0.05) is 30.3 Å². The van der Waals surface area contributed by atoms with E-state index in [-0.39, 0.29) is 18.0 Å². The summed E-state index contributed by atoms with van der Waals surface area (Å²) in [5, 5.41) is 5.46. The summed E-state index contributed by atoms with van der Waals surface area (Å²) in [7, 11) is 0. The average molecular weight is 457 g/mol. The highest BCUT2D eigenvalue weighted by atomic mass is 32.1. The zero-order valence-electron chi connectivity index (χ0n) is 17.3. The zero-order chi connectivity index (χ0) is 22.5. The number of hydrogen-bond donors (Lipinski definition) is 1. The summed E-state index contributed by atoms with van der Waals surface area (Å²) in [6.45, 7) is 2.95. The van der Waals surface area contributed by atoms with Gasteiger partial charge in [0.25, 0.3) is 5.91 Å². The Morgan fingerprint density at radius 3 is 2.50 bits per heavy atom. The number of nitrogens with one attached hydrogen (secondary N) is 1. The second-order valence-electron chi connectivity index (χ2n) is 7.47. The van der Waals surface area contributed by atoms with E-state index in [1.807, 2.05) is 30.3 Å². The molecule has 32 heavy (non-hydrogen) atoms. The maximum atomic E-state index is 13.7. The monoisotopic (exact) mass is 456 g/mol. The van der Waals surface area contributed by atoms with Gasteiger partial charge in [-0.2, -0.15) is 0 Å². The van der Waals surface area contributed by atoms with Gasteiger partial charge >= 0.3 is 0 Å². The fraction of sp³-hybridized carbons (Fsp3) is 0.261. The van der Waals surface area contributed by atoms with Crippen LogP contribution < -0.4 is 5.32 Å². The van der Waals surface area contributed by atoms with E-state index in [4.69, 9.17) is 4.98 Å². The predicted octanol–water partition coefficient (Wildman–Crippen LogP) is 3.16. The number of hydrogen-bond acceptors (Lipinski definition) is 5. The molecule has 1 aliphatic heterocycles. The van der Waals surface area contributed by atoms with Crippen LogP contribution in [0.25, 0.3) is 10.6 Å². The first-order valence-electron chi connectivity index (χ1n) is 10.2. The molecular formula is C23H22F2N4O2S. The van der Waals surface area contributed by atoms with Crippen molar-refractivity contribution in [2.75, 3.05) is 32.7 Å². The second-order valence-corrected chi connectivity index (χ2v) is 8.33. The molecule has 1 fully saturated rings. The van der Waals surface area contributed by atoms with Crippen molar-refractivity contribution in [2.24, 2.45) is 0 Å². The van der Waals surface area contributed by atoms with Crippen LogP contribution in [-0.4, -0.2) is 59.3 Å². The van der Waals surface area contributed by atoms with E-state index in [9.17, 15) is 18.4 Å². The standard InChI is InChI=1S/C23H22F2N4O2S/c24-17-6-7-19(20(25)12-17)22(31)26-13-21(30)29-10-8-28(9-11-29)14-18-15-32-23(27-18)16-4-2-1-3-5-16/h1-7,12,15H,8-11,13-14H2,(H,26,31). The number of nitrogens with zero attached hydrogens (tertiary/aromatic N) is 3. The maximum absolute atomic E-state index is 13.7. The number of thiazole rings is 1. The Labute approximate surface area is 188 Å². The van der Waals surface area contributed by atoms with E-state index in [1.165, 1.54) is 0 Å². The van der Waals surface area contributed by atoms with E-state index >= 15 is 0 Å². The quantitative estimate of drug-likeness (QED) is 0.619. The number of aromatic nitrogens is 1. The first-order chi connectivity index (χ1) is 15.5. The van der Waals surface area contributed by atoms with Crippen molar-refractivity contribution in [1.82, 2.24) is 20.1 Å². The van der Waals surface area contributed by atoms with Gasteiger partial charge in [0.05, 0.1) is 17.8 Å². The topological polar surface area (TPSA) is 65.5 Å². The largest absolute Gasteiger partial charge is 0.343 e. The molecule has 6 nitrogen and oxygen atoms in total. The van der Waals surface area contributed by atoms with Crippen molar-refractivity contribution in [3.05, 3.63) is 76.8 Å². The zero-order valence-corrected chi connectivity index (χ0v) is 18.1. The van der Waals surface area contributed by atoms with Crippen LogP contribution in [0, 0.1) is 11.6 Å². The summed E-state index contributed by atoms with van der Waals surface area (Å²) in [6, 6.07) is 12.7. The Morgan fingerprint density at radius 2 is 1.78 bits per heavy atom. The molecule has 0 radical (unpaired) electrons. The van der Waals surface area contributed by atoms with Crippen molar-refractivity contribution in [3.8, 4) is 10.6 Å². The lowest BCUT2D eigenvalue weighted by atomic mass is 10.2. The molecule has 0 atom stereocenters. The summed E-state index contributed by atoms with van der Waals surface area (Å²) >= 11 is 1.62. The molecule has 0 saturated carbocycles. The summed E-state index contributed by atoms with van der Waals surface area (Å²) in [5.74, 6) is -2.70. The van der Waals surface area contributed by atoms with E-state index in [0.717, 1.165) is 28.4 Å². The van der Waals surface area contributed by atoms with Gasteiger partial charge in [-0.3, -0.25) is 14.5 Å².